The van der Waals surface area contributed by atoms with Crippen molar-refractivity contribution in [1.29, 1.82) is 0 Å². The first-order valence-corrected chi connectivity index (χ1v) is 17.8. The Labute approximate surface area is 325 Å². The highest BCUT2D eigenvalue weighted by Crippen LogP contribution is 2.27. The lowest BCUT2D eigenvalue weighted by atomic mass is 10.0. The van der Waals surface area contributed by atoms with E-state index >= 15 is 0 Å². The fourth-order valence-corrected chi connectivity index (χ4v) is 5.71. The minimum Gasteiger partial charge on any atom is -0.468 e. The molecule has 1 aromatic carbocycles. The van der Waals surface area contributed by atoms with Gasteiger partial charge in [0.1, 0.15) is 18.1 Å². The van der Waals surface area contributed by atoms with Gasteiger partial charge in [-0.2, -0.15) is 0 Å². The maximum atomic E-state index is 13.7. The molecule has 0 saturated heterocycles. The molecule has 3 atom stereocenters. The zero-order valence-electron chi connectivity index (χ0n) is 30.8. The van der Waals surface area contributed by atoms with Crippen molar-refractivity contribution in [3.8, 4) is 5.75 Å². The molecule has 0 radical (unpaired) electrons. The summed E-state index contributed by atoms with van der Waals surface area (Å²) in [5.74, 6) is -8.30. The normalized spacial score (nSPS) is 20.1. The number of ether oxygens (including phenoxy) is 2. The number of carbonyl (C=O) groups is 11. The first-order chi connectivity index (χ1) is 27.2. The van der Waals surface area contributed by atoms with E-state index in [2.05, 4.69) is 31.3 Å². The molecule has 7 N–H and O–H groups in total. The summed E-state index contributed by atoms with van der Waals surface area (Å²) in [6.07, 6.45) is 2.71. The number of nitrogens with two attached hydrogens (primary N) is 1. The van der Waals surface area contributed by atoms with E-state index in [-0.39, 0.29) is 69.7 Å². The molecule has 21 nitrogen and oxygen atoms in total. The number of fused-ring (bicyclic) bond motifs is 1. The van der Waals surface area contributed by atoms with Crippen molar-refractivity contribution in [3.63, 3.8) is 0 Å². The third-order valence-electron chi connectivity index (χ3n) is 8.70. The summed E-state index contributed by atoms with van der Waals surface area (Å²) < 4.78 is 10.2. The van der Waals surface area contributed by atoms with E-state index in [0.29, 0.717) is 5.56 Å². The standard InChI is InChI=1S/C36H42N8O13/c1-56-36(55)21(37)18-20-6-7-23-22(19-20)40-24(45)4-2-14-38-34(53)32(41-25(46)12-16-43-27(48)8-9-28(43)49)33(35(54)39-15-3-5-31(52)57-23)42-26(47)13-17-44-29(50)10-11-30(44)51/h6-11,19,21,32-33H,2-5,12-18,37H2,1H3,(H,38,53)(H,39,54)(H,40,45)(H,41,46)(H,42,47)/t21-,32?,33?/m0/s1. The highest BCUT2D eigenvalue weighted by Gasteiger charge is 2.37. The third-order valence-corrected chi connectivity index (χ3v) is 8.70. The van der Waals surface area contributed by atoms with Crippen molar-refractivity contribution in [3.05, 3.63) is 48.1 Å². The summed E-state index contributed by atoms with van der Waals surface area (Å²) in [5, 5.41) is 12.5. The number of methoxy groups -OCH3 is 1. The molecule has 0 aromatic heterocycles. The number of rotatable bonds is 11. The molecule has 0 aliphatic carbocycles. The van der Waals surface area contributed by atoms with Crippen molar-refractivity contribution in [1.82, 2.24) is 31.1 Å². The van der Waals surface area contributed by atoms with Crippen LogP contribution in [0.5, 0.6) is 5.75 Å². The lowest BCUT2D eigenvalue weighted by molar-refractivity contribution is -0.142. The third kappa shape index (κ3) is 12.4. The number of hydrogen-bond acceptors (Lipinski definition) is 14. The average Bonchev–Trinajstić information content (AvgIpc) is 3.68. The second-order valence-corrected chi connectivity index (χ2v) is 12.9. The maximum Gasteiger partial charge on any atom is 0.322 e. The van der Waals surface area contributed by atoms with Gasteiger partial charge in [0.25, 0.3) is 23.6 Å². The van der Waals surface area contributed by atoms with Crippen molar-refractivity contribution < 1.29 is 62.2 Å². The van der Waals surface area contributed by atoms with Crippen molar-refractivity contribution in [2.45, 2.75) is 63.1 Å². The van der Waals surface area contributed by atoms with E-state index in [1.54, 1.807) is 6.07 Å². The number of imide groups is 2. The van der Waals surface area contributed by atoms with Crippen LogP contribution in [0.4, 0.5) is 5.69 Å². The molecule has 3 heterocycles. The molecule has 0 bridgehead atoms. The summed E-state index contributed by atoms with van der Waals surface area (Å²) in [6, 6.07) is -0.171. The Kier molecular flexibility index (Phi) is 15.3. The fraction of sp³-hybridized carbons (Fsp3) is 0.417. The van der Waals surface area contributed by atoms with Crippen LogP contribution in [0.15, 0.2) is 42.5 Å². The minimum absolute atomic E-state index is 0.00797. The van der Waals surface area contributed by atoms with Crippen LogP contribution in [0.2, 0.25) is 0 Å². The van der Waals surface area contributed by atoms with E-state index in [4.69, 9.17) is 10.5 Å². The SMILES string of the molecule is COC(=O)[C@@H](N)Cc1ccc2c(c1)NC(=O)CCCNC(=O)C(NC(=O)CCN1C(=O)C=CC1=O)C(NC(=O)CCN1C(=O)C=CC1=O)C(=O)NCCCC(=O)O2. The molecule has 2 unspecified atom stereocenters. The molecule has 1 aromatic rings. The second-order valence-electron chi connectivity index (χ2n) is 12.9. The predicted molar refractivity (Wildman–Crippen MR) is 194 cm³/mol. The largest absolute Gasteiger partial charge is 0.468 e. The van der Waals surface area contributed by atoms with Crippen LogP contribution in [0.25, 0.3) is 0 Å². The molecule has 57 heavy (non-hydrogen) atoms. The summed E-state index contributed by atoms with van der Waals surface area (Å²) in [5.41, 5.74) is 6.50. The van der Waals surface area contributed by atoms with Gasteiger partial charge in [0.15, 0.2) is 5.75 Å². The molecule has 21 heteroatoms. The van der Waals surface area contributed by atoms with Crippen LogP contribution in [0.3, 0.4) is 0 Å². The van der Waals surface area contributed by atoms with E-state index in [1.807, 2.05) is 0 Å². The number of nitrogens with zero attached hydrogens (tertiary/aromatic N) is 2. The van der Waals surface area contributed by atoms with E-state index in [0.717, 1.165) is 34.1 Å². The molecular weight excluding hydrogens is 752 g/mol. The van der Waals surface area contributed by atoms with Crippen LogP contribution >= 0.6 is 0 Å². The summed E-state index contributed by atoms with van der Waals surface area (Å²) in [6.45, 7) is -1.10. The summed E-state index contributed by atoms with van der Waals surface area (Å²) in [7, 11) is 1.19. The smallest absolute Gasteiger partial charge is 0.322 e. The molecule has 304 valence electrons. The van der Waals surface area contributed by atoms with Crippen LogP contribution in [0.1, 0.15) is 44.1 Å². The van der Waals surface area contributed by atoms with E-state index < -0.39 is 96.1 Å². The van der Waals surface area contributed by atoms with Crippen LogP contribution in [-0.2, 0) is 63.9 Å². The highest BCUT2D eigenvalue weighted by molar-refractivity contribution is 6.13. The van der Waals surface area contributed by atoms with Gasteiger partial charge in [0.05, 0.1) is 12.8 Å². The van der Waals surface area contributed by atoms with Crippen molar-refractivity contribution in [2.24, 2.45) is 5.73 Å². The molecule has 0 fully saturated rings. The Morgan fingerprint density at radius 2 is 1.28 bits per heavy atom. The van der Waals surface area contributed by atoms with Crippen molar-refractivity contribution >= 4 is 70.8 Å². The van der Waals surface area contributed by atoms with Crippen LogP contribution in [-0.4, -0.2) is 126 Å². The molecule has 3 aliphatic rings. The topological polar surface area (TPSA) is 299 Å². The highest BCUT2D eigenvalue weighted by atomic mass is 16.5. The van der Waals surface area contributed by atoms with E-state index in [1.165, 1.54) is 19.2 Å². The first kappa shape index (κ1) is 43.0. The quantitative estimate of drug-likeness (QED) is 0.0739. The Morgan fingerprint density at radius 1 is 0.789 bits per heavy atom. The van der Waals surface area contributed by atoms with Crippen molar-refractivity contribution in [2.75, 3.05) is 38.6 Å². The zero-order chi connectivity index (χ0) is 41.6. The van der Waals surface area contributed by atoms with Crippen LogP contribution < -0.4 is 37.1 Å². The van der Waals surface area contributed by atoms with Gasteiger partial charge in [0.2, 0.25) is 29.5 Å². The average molecular weight is 795 g/mol. The van der Waals surface area contributed by atoms with Gasteiger partial charge in [-0.25, -0.2) is 0 Å². The lowest BCUT2D eigenvalue weighted by Crippen LogP contribution is -2.64. The molecule has 0 spiro atoms. The summed E-state index contributed by atoms with van der Waals surface area (Å²) in [4.78, 5) is 141. The second kappa shape index (κ2) is 20.2. The van der Waals surface area contributed by atoms with Gasteiger partial charge in [-0.3, -0.25) is 62.5 Å². The Hall–Kier alpha value is -6.77. The Morgan fingerprint density at radius 3 is 1.77 bits per heavy atom. The number of amides is 9. The minimum atomic E-state index is -1.80. The van der Waals surface area contributed by atoms with Gasteiger partial charge in [-0.05, 0) is 37.0 Å². The van der Waals surface area contributed by atoms with Gasteiger partial charge in [0, 0.05) is 76.2 Å². The zero-order valence-corrected chi connectivity index (χ0v) is 30.8. The van der Waals surface area contributed by atoms with Crippen LogP contribution in [0, 0.1) is 0 Å². The predicted octanol–water partition coefficient (Wildman–Crippen LogP) is -3.02. The number of anilines is 1. The van der Waals surface area contributed by atoms with Gasteiger partial charge in [-0.15, -0.1) is 0 Å². The molecule has 9 amide bonds. The van der Waals surface area contributed by atoms with E-state index in [9.17, 15) is 52.7 Å². The number of esters is 2. The number of nitrogens with one attached hydrogen (secondary N) is 5. The summed E-state index contributed by atoms with van der Waals surface area (Å²) >= 11 is 0. The fourth-order valence-electron chi connectivity index (χ4n) is 5.71. The molecule has 0 saturated carbocycles. The van der Waals surface area contributed by atoms with Gasteiger partial charge >= 0.3 is 11.9 Å². The first-order valence-electron chi connectivity index (χ1n) is 17.8. The maximum absolute atomic E-state index is 13.7. The number of benzene rings is 1. The molecular formula is C36H42N8O13. The Balaban J connectivity index is 1.53. The number of hydrogen-bond donors (Lipinski definition) is 6. The monoisotopic (exact) mass is 794 g/mol. The van der Waals surface area contributed by atoms with Gasteiger partial charge < -0.3 is 41.8 Å². The molecule has 4 rings (SSSR count). The molecule has 3 aliphatic heterocycles. The van der Waals surface area contributed by atoms with Gasteiger partial charge in [-0.1, -0.05) is 6.07 Å². The Bertz CT molecular complexity index is 1860. The lowest BCUT2D eigenvalue weighted by Gasteiger charge is -2.28. The number of carbonyl (C=O) groups excluding carboxylic acids is 11.